The van der Waals surface area contributed by atoms with Crippen molar-refractivity contribution in [3.05, 3.63) is 98.9 Å². The molecule has 35 heavy (non-hydrogen) atoms. The second-order valence-electron chi connectivity index (χ2n) is 7.47. The van der Waals surface area contributed by atoms with Crippen LogP contribution in [-0.4, -0.2) is 36.3 Å². The Kier molecular flexibility index (Phi) is 6.88. The minimum absolute atomic E-state index is 0.0413. The molecule has 0 atom stereocenters. The zero-order valence-electron chi connectivity index (χ0n) is 18.5. The normalized spacial score (nSPS) is 10.7. The number of carbonyl (C=O) groups excluding carboxylic acids is 2. The third kappa shape index (κ3) is 5.53. The predicted molar refractivity (Wildman–Crippen MR) is 130 cm³/mol. The maximum Gasteiger partial charge on any atom is 0.408 e. The molecule has 11 nitrogen and oxygen atoms in total. The number of nitro groups is 1. The zero-order valence-corrected chi connectivity index (χ0v) is 19.3. The maximum atomic E-state index is 12.7. The summed E-state index contributed by atoms with van der Waals surface area (Å²) in [4.78, 5) is 35.5. The summed E-state index contributed by atoms with van der Waals surface area (Å²) in [6.45, 7) is 2.72. The van der Waals surface area contributed by atoms with Gasteiger partial charge in [-0.15, -0.1) is 0 Å². The molecule has 12 heteroatoms. The first kappa shape index (κ1) is 23.6. The Morgan fingerprint density at radius 1 is 1.06 bits per heavy atom. The number of hydrogen-bond donors (Lipinski definition) is 2. The number of aromatic nitrogens is 4. The van der Waals surface area contributed by atoms with Gasteiger partial charge in [-0.3, -0.25) is 14.3 Å². The molecule has 0 unspecified atom stereocenters. The first-order chi connectivity index (χ1) is 16.8. The van der Waals surface area contributed by atoms with Crippen molar-refractivity contribution in [2.24, 2.45) is 0 Å². The Balaban J connectivity index is 1.39. The molecule has 0 aliphatic rings. The summed E-state index contributed by atoms with van der Waals surface area (Å²) in [5.41, 5.74) is 2.68. The Morgan fingerprint density at radius 3 is 2.37 bits per heavy atom. The van der Waals surface area contributed by atoms with Gasteiger partial charge in [-0.25, -0.2) is 0 Å². The molecule has 0 spiro atoms. The van der Waals surface area contributed by atoms with Crippen molar-refractivity contribution in [3.63, 3.8) is 0 Å². The average molecular weight is 494 g/mol. The van der Waals surface area contributed by atoms with Gasteiger partial charge in [0.2, 0.25) is 0 Å². The van der Waals surface area contributed by atoms with E-state index in [2.05, 4.69) is 20.8 Å². The van der Waals surface area contributed by atoms with Crippen LogP contribution in [0.4, 0.5) is 17.2 Å². The van der Waals surface area contributed by atoms with E-state index in [9.17, 15) is 19.7 Å². The molecule has 0 aliphatic carbocycles. The van der Waals surface area contributed by atoms with Crippen LogP contribution in [0.5, 0.6) is 0 Å². The van der Waals surface area contributed by atoms with Gasteiger partial charge in [-0.1, -0.05) is 29.8 Å². The summed E-state index contributed by atoms with van der Waals surface area (Å²) in [6, 6.07) is 15.2. The lowest BCUT2D eigenvalue weighted by atomic mass is 10.1. The van der Waals surface area contributed by atoms with Crippen molar-refractivity contribution in [3.8, 4) is 0 Å². The van der Waals surface area contributed by atoms with Gasteiger partial charge in [0.05, 0.1) is 17.8 Å². The van der Waals surface area contributed by atoms with E-state index in [1.165, 1.54) is 10.9 Å². The minimum atomic E-state index is -0.646. The molecule has 4 aromatic rings. The lowest BCUT2D eigenvalue weighted by Crippen LogP contribution is -2.17. The Labute approximate surface area is 204 Å². The van der Waals surface area contributed by atoms with Crippen molar-refractivity contribution >= 4 is 40.6 Å². The van der Waals surface area contributed by atoms with Crippen LogP contribution in [-0.2, 0) is 13.1 Å². The molecule has 0 saturated carbocycles. The quantitative estimate of drug-likeness (QED) is 0.278. The highest BCUT2D eigenvalue weighted by molar-refractivity contribution is 6.32. The van der Waals surface area contributed by atoms with Crippen molar-refractivity contribution in [1.29, 1.82) is 0 Å². The van der Waals surface area contributed by atoms with E-state index in [0.717, 1.165) is 5.56 Å². The fourth-order valence-corrected chi connectivity index (χ4v) is 3.61. The number of rotatable bonds is 8. The molecular formula is C23H20ClN7O4. The first-order valence-electron chi connectivity index (χ1n) is 10.5. The fraction of sp³-hybridized carbons (Fsp3) is 0.130. The Hall–Kier alpha value is -4.51. The number of aryl methyl sites for hydroxylation is 1. The predicted octanol–water partition coefficient (Wildman–Crippen LogP) is 4.21. The highest BCUT2D eigenvalue weighted by Gasteiger charge is 2.19. The summed E-state index contributed by atoms with van der Waals surface area (Å²) >= 11 is 5.82. The number of anilines is 2. The van der Waals surface area contributed by atoms with Gasteiger partial charge in [0.1, 0.15) is 5.69 Å². The van der Waals surface area contributed by atoms with E-state index < -0.39 is 10.7 Å². The van der Waals surface area contributed by atoms with E-state index in [-0.39, 0.29) is 23.4 Å². The molecular weight excluding hydrogens is 474 g/mol. The third-order valence-electron chi connectivity index (χ3n) is 5.06. The van der Waals surface area contributed by atoms with Gasteiger partial charge < -0.3 is 20.7 Å². The minimum Gasteiger partial charge on any atom is -0.358 e. The van der Waals surface area contributed by atoms with Crippen LogP contribution in [0.2, 0.25) is 5.02 Å². The molecule has 4 rings (SSSR count). The van der Waals surface area contributed by atoms with Crippen LogP contribution >= 0.6 is 11.6 Å². The third-order valence-corrected chi connectivity index (χ3v) is 5.33. The molecule has 0 aliphatic heterocycles. The Morgan fingerprint density at radius 2 is 1.74 bits per heavy atom. The van der Waals surface area contributed by atoms with Gasteiger partial charge >= 0.3 is 5.82 Å². The largest absolute Gasteiger partial charge is 0.408 e. The standard InChI is InChI=1S/C23H20ClN7O4/c1-2-30-20(10-11-25-30)23(33)27-18-5-3-4-17(12-18)26-22(32)16-8-6-15(7-9-16)13-29-14-19(24)21(28-29)31(34)35/h3-12,14H,2,13H2,1H3,(H,26,32)(H,27,33). The number of benzene rings is 2. The van der Waals surface area contributed by atoms with E-state index >= 15 is 0 Å². The highest BCUT2D eigenvalue weighted by Crippen LogP contribution is 2.22. The van der Waals surface area contributed by atoms with E-state index in [1.807, 2.05) is 6.92 Å². The number of halogens is 1. The maximum absolute atomic E-state index is 12.7. The van der Waals surface area contributed by atoms with E-state index in [4.69, 9.17) is 11.6 Å². The van der Waals surface area contributed by atoms with Crippen LogP contribution in [0.3, 0.4) is 0 Å². The average Bonchev–Trinajstić information content (AvgIpc) is 3.46. The number of amides is 2. The van der Waals surface area contributed by atoms with Gasteiger partial charge in [0, 0.05) is 29.7 Å². The molecule has 2 aromatic heterocycles. The van der Waals surface area contributed by atoms with Crippen molar-refractivity contribution in [2.75, 3.05) is 10.6 Å². The van der Waals surface area contributed by atoms with Gasteiger partial charge in [0.15, 0.2) is 5.02 Å². The SMILES string of the molecule is CCn1nccc1C(=O)Nc1cccc(NC(=O)c2ccc(Cn3cc(Cl)c([N+](=O)[O-])n3)cc2)c1. The molecule has 2 heterocycles. The molecule has 0 fully saturated rings. The summed E-state index contributed by atoms with van der Waals surface area (Å²) in [6.07, 6.45) is 2.94. The Bertz CT molecular complexity index is 1400. The van der Waals surface area contributed by atoms with E-state index in [0.29, 0.717) is 29.2 Å². The van der Waals surface area contributed by atoms with Crippen LogP contribution in [0, 0.1) is 10.1 Å². The van der Waals surface area contributed by atoms with Crippen molar-refractivity contribution in [2.45, 2.75) is 20.0 Å². The molecule has 2 aromatic carbocycles. The second kappa shape index (κ2) is 10.2. The summed E-state index contributed by atoms with van der Waals surface area (Å²) in [5, 5.41) is 24.4. The summed E-state index contributed by atoms with van der Waals surface area (Å²) in [5.74, 6) is -1.04. The first-order valence-corrected chi connectivity index (χ1v) is 10.9. The zero-order chi connectivity index (χ0) is 24.9. The van der Waals surface area contributed by atoms with Crippen LogP contribution in [0.15, 0.2) is 67.0 Å². The summed E-state index contributed by atoms with van der Waals surface area (Å²) in [7, 11) is 0. The van der Waals surface area contributed by atoms with Crippen molar-refractivity contribution < 1.29 is 14.5 Å². The lowest BCUT2D eigenvalue weighted by Gasteiger charge is -2.10. The topological polar surface area (TPSA) is 137 Å². The smallest absolute Gasteiger partial charge is 0.358 e. The van der Waals surface area contributed by atoms with Crippen LogP contribution in [0.1, 0.15) is 33.3 Å². The highest BCUT2D eigenvalue weighted by atomic mass is 35.5. The van der Waals surface area contributed by atoms with Gasteiger partial charge in [0.25, 0.3) is 11.8 Å². The number of nitrogens with zero attached hydrogens (tertiary/aromatic N) is 5. The van der Waals surface area contributed by atoms with Gasteiger partial charge in [-0.2, -0.15) is 9.78 Å². The molecule has 178 valence electrons. The fourth-order valence-electron chi connectivity index (χ4n) is 3.39. The monoisotopic (exact) mass is 493 g/mol. The molecule has 2 N–H and O–H groups in total. The van der Waals surface area contributed by atoms with Crippen LogP contribution < -0.4 is 10.6 Å². The van der Waals surface area contributed by atoms with E-state index in [1.54, 1.807) is 65.5 Å². The lowest BCUT2D eigenvalue weighted by molar-refractivity contribution is -0.389. The summed E-state index contributed by atoms with van der Waals surface area (Å²) < 4.78 is 2.95. The van der Waals surface area contributed by atoms with Gasteiger partial charge in [-0.05, 0) is 53.8 Å². The molecule has 2 amide bonds. The molecule has 0 radical (unpaired) electrons. The second-order valence-corrected chi connectivity index (χ2v) is 7.88. The molecule has 0 bridgehead atoms. The number of hydrogen-bond acceptors (Lipinski definition) is 6. The van der Waals surface area contributed by atoms with Crippen LogP contribution in [0.25, 0.3) is 0 Å². The number of nitrogens with one attached hydrogen (secondary N) is 2. The molecule has 0 saturated heterocycles. The van der Waals surface area contributed by atoms with Crippen molar-refractivity contribution in [1.82, 2.24) is 19.6 Å². The number of carbonyl (C=O) groups is 2.